The first-order chi connectivity index (χ1) is 9.94. The Morgan fingerprint density at radius 3 is 2.81 bits per heavy atom. The van der Waals surface area contributed by atoms with Gasteiger partial charge in [-0.25, -0.2) is 0 Å². The molecule has 4 aliphatic carbocycles. The zero-order valence-electron chi connectivity index (χ0n) is 13.4. The van der Waals surface area contributed by atoms with Crippen molar-refractivity contribution in [1.29, 1.82) is 0 Å². The van der Waals surface area contributed by atoms with Gasteiger partial charge in [0.2, 0.25) is 0 Å². The fourth-order valence-corrected chi connectivity index (χ4v) is 6.70. The van der Waals surface area contributed by atoms with Crippen LogP contribution in [0.1, 0.15) is 65.2 Å². The minimum absolute atomic E-state index is 0.0835. The molecular formula is C19H28O2. The highest BCUT2D eigenvalue weighted by Gasteiger charge is 2.59. The van der Waals surface area contributed by atoms with Gasteiger partial charge in [-0.15, -0.1) is 0 Å². The topological polar surface area (TPSA) is 37.3 Å². The van der Waals surface area contributed by atoms with E-state index >= 15 is 0 Å². The number of fused-ring (bicyclic) bond motifs is 5. The summed E-state index contributed by atoms with van der Waals surface area (Å²) in [5, 5.41) is 11.0. The Labute approximate surface area is 128 Å². The average molecular weight is 288 g/mol. The zero-order valence-corrected chi connectivity index (χ0v) is 13.4. The van der Waals surface area contributed by atoms with E-state index in [1.165, 1.54) is 31.3 Å². The van der Waals surface area contributed by atoms with Gasteiger partial charge in [-0.05, 0) is 73.2 Å². The van der Waals surface area contributed by atoms with Gasteiger partial charge in [-0.2, -0.15) is 0 Å². The van der Waals surface area contributed by atoms with E-state index in [-0.39, 0.29) is 11.5 Å². The molecule has 1 N–H and O–H groups in total. The van der Waals surface area contributed by atoms with Crippen molar-refractivity contribution in [1.82, 2.24) is 0 Å². The van der Waals surface area contributed by atoms with Crippen LogP contribution in [-0.2, 0) is 4.79 Å². The van der Waals surface area contributed by atoms with Gasteiger partial charge in [0.05, 0.1) is 6.10 Å². The number of carbonyl (C=O) groups excluding carboxylic acids is 1. The molecule has 3 saturated carbocycles. The Bertz CT molecular complexity index is 508. The summed E-state index contributed by atoms with van der Waals surface area (Å²) in [6.45, 7) is 4.76. The number of ketones is 1. The molecule has 0 saturated heterocycles. The first kappa shape index (κ1) is 14.0. The molecule has 0 aliphatic heterocycles. The zero-order chi connectivity index (χ0) is 14.8. The molecule has 2 heteroatoms. The summed E-state index contributed by atoms with van der Waals surface area (Å²) in [7, 11) is 0. The Balaban J connectivity index is 1.74. The SMILES string of the molecule is CC12CCCC1C1CCC3=CC(=O)CCC3(C)C1[C@H](O)C2. The summed E-state index contributed by atoms with van der Waals surface area (Å²) in [6, 6.07) is 0. The number of aliphatic hydroxyl groups is 1. The maximum absolute atomic E-state index is 11.8. The molecule has 5 unspecified atom stereocenters. The van der Waals surface area contributed by atoms with Gasteiger partial charge in [0.1, 0.15) is 0 Å². The largest absolute Gasteiger partial charge is 0.393 e. The molecule has 0 aromatic heterocycles. The van der Waals surface area contributed by atoms with Gasteiger partial charge in [0.15, 0.2) is 5.78 Å². The molecule has 4 rings (SSSR count). The molecule has 0 radical (unpaired) electrons. The molecule has 4 aliphatic rings. The number of hydrogen-bond acceptors (Lipinski definition) is 2. The number of aliphatic hydroxyl groups excluding tert-OH is 1. The van der Waals surface area contributed by atoms with Crippen molar-refractivity contribution in [2.24, 2.45) is 28.6 Å². The lowest BCUT2D eigenvalue weighted by atomic mass is 9.46. The molecule has 21 heavy (non-hydrogen) atoms. The summed E-state index contributed by atoms with van der Waals surface area (Å²) in [5.74, 6) is 2.18. The predicted molar refractivity (Wildman–Crippen MR) is 82.7 cm³/mol. The van der Waals surface area contributed by atoms with Crippen LogP contribution in [0.3, 0.4) is 0 Å². The van der Waals surface area contributed by atoms with E-state index in [1.807, 2.05) is 6.08 Å². The number of carbonyl (C=O) groups is 1. The van der Waals surface area contributed by atoms with E-state index in [0.717, 1.165) is 25.2 Å². The average Bonchev–Trinajstić information content (AvgIpc) is 2.80. The van der Waals surface area contributed by atoms with Gasteiger partial charge < -0.3 is 5.11 Å². The molecule has 3 fully saturated rings. The second-order valence-corrected chi connectivity index (χ2v) is 8.71. The van der Waals surface area contributed by atoms with Gasteiger partial charge in [-0.3, -0.25) is 4.79 Å². The number of rotatable bonds is 0. The summed E-state index contributed by atoms with van der Waals surface area (Å²) >= 11 is 0. The molecule has 0 bridgehead atoms. The van der Waals surface area contributed by atoms with Crippen molar-refractivity contribution in [3.63, 3.8) is 0 Å². The normalized spacial score (nSPS) is 52.7. The van der Waals surface area contributed by atoms with E-state index in [4.69, 9.17) is 0 Å². The molecule has 0 aromatic rings. The van der Waals surface area contributed by atoms with Crippen molar-refractivity contribution < 1.29 is 9.90 Å². The third kappa shape index (κ3) is 1.84. The highest BCUT2D eigenvalue weighted by Crippen LogP contribution is 2.65. The highest BCUT2D eigenvalue weighted by atomic mass is 16.3. The smallest absolute Gasteiger partial charge is 0.155 e. The molecule has 0 aromatic carbocycles. The summed E-state index contributed by atoms with van der Waals surface area (Å²) in [4.78, 5) is 11.8. The number of allylic oxidation sites excluding steroid dienone is 1. The summed E-state index contributed by atoms with van der Waals surface area (Å²) < 4.78 is 0. The van der Waals surface area contributed by atoms with Crippen LogP contribution in [0.4, 0.5) is 0 Å². The van der Waals surface area contributed by atoms with Crippen molar-refractivity contribution in [2.45, 2.75) is 71.3 Å². The maximum atomic E-state index is 11.8. The van der Waals surface area contributed by atoms with Crippen LogP contribution >= 0.6 is 0 Å². The first-order valence-electron chi connectivity index (χ1n) is 8.86. The van der Waals surface area contributed by atoms with Crippen molar-refractivity contribution >= 4 is 5.78 Å². The van der Waals surface area contributed by atoms with Crippen LogP contribution in [0.15, 0.2) is 11.6 Å². The Hall–Kier alpha value is -0.630. The third-order valence-corrected chi connectivity index (χ3v) is 7.67. The van der Waals surface area contributed by atoms with E-state index in [2.05, 4.69) is 13.8 Å². The molecule has 0 heterocycles. The van der Waals surface area contributed by atoms with Gasteiger partial charge >= 0.3 is 0 Å². The van der Waals surface area contributed by atoms with E-state index in [1.54, 1.807) is 0 Å². The monoisotopic (exact) mass is 288 g/mol. The predicted octanol–water partition coefficient (Wildman–Crippen LogP) is 3.88. The lowest BCUT2D eigenvalue weighted by molar-refractivity contribution is -0.127. The molecule has 6 atom stereocenters. The molecule has 0 spiro atoms. The molecule has 2 nitrogen and oxygen atoms in total. The van der Waals surface area contributed by atoms with Crippen LogP contribution < -0.4 is 0 Å². The van der Waals surface area contributed by atoms with Gasteiger partial charge in [0, 0.05) is 6.42 Å². The second-order valence-electron chi connectivity index (χ2n) is 8.71. The highest BCUT2D eigenvalue weighted by molar-refractivity contribution is 5.91. The van der Waals surface area contributed by atoms with E-state index < -0.39 is 0 Å². The minimum Gasteiger partial charge on any atom is -0.393 e. The molecule has 116 valence electrons. The second kappa shape index (κ2) is 4.44. The minimum atomic E-state index is -0.170. The van der Waals surface area contributed by atoms with Crippen LogP contribution in [0.2, 0.25) is 0 Å². The number of hydrogen-bond donors (Lipinski definition) is 1. The Morgan fingerprint density at radius 1 is 1.19 bits per heavy atom. The van der Waals surface area contributed by atoms with Crippen LogP contribution in [0.5, 0.6) is 0 Å². The standard InChI is InChI=1S/C19H28O2/c1-18-8-3-4-15(18)14-6-5-12-10-13(20)7-9-19(12,2)17(14)16(21)11-18/h10,14-17,21H,3-9,11H2,1-2H3/t14?,15?,16-,17?,18?,19?/m1/s1. The third-order valence-electron chi connectivity index (χ3n) is 7.67. The molecular weight excluding hydrogens is 260 g/mol. The van der Waals surface area contributed by atoms with Crippen molar-refractivity contribution in [2.75, 3.05) is 0 Å². The lowest BCUT2D eigenvalue weighted by Crippen LogP contribution is -2.55. The quantitative estimate of drug-likeness (QED) is 0.734. The van der Waals surface area contributed by atoms with Crippen LogP contribution in [0, 0.1) is 28.6 Å². The van der Waals surface area contributed by atoms with Crippen molar-refractivity contribution in [3.8, 4) is 0 Å². The first-order valence-corrected chi connectivity index (χ1v) is 8.86. The maximum Gasteiger partial charge on any atom is 0.155 e. The fraction of sp³-hybridized carbons (Fsp3) is 0.842. The lowest BCUT2D eigenvalue weighted by Gasteiger charge is -2.59. The summed E-state index contributed by atoms with van der Waals surface area (Å²) in [6.07, 6.45) is 10.7. The summed E-state index contributed by atoms with van der Waals surface area (Å²) in [5.41, 5.74) is 1.81. The van der Waals surface area contributed by atoms with Crippen LogP contribution in [-0.4, -0.2) is 17.0 Å². The van der Waals surface area contributed by atoms with E-state index in [0.29, 0.717) is 29.5 Å². The van der Waals surface area contributed by atoms with Gasteiger partial charge in [0.25, 0.3) is 0 Å². The Morgan fingerprint density at radius 2 is 2.00 bits per heavy atom. The van der Waals surface area contributed by atoms with Crippen molar-refractivity contribution in [3.05, 3.63) is 11.6 Å². The molecule has 0 amide bonds. The van der Waals surface area contributed by atoms with Crippen LogP contribution in [0.25, 0.3) is 0 Å². The van der Waals surface area contributed by atoms with E-state index in [9.17, 15) is 9.90 Å². The van der Waals surface area contributed by atoms with Gasteiger partial charge in [-0.1, -0.05) is 25.8 Å². The fourth-order valence-electron chi connectivity index (χ4n) is 6.70. The Kier molecular flexibility index (Phi) is 2.96.